The Hall–Kier alpha value is -5.88. The van der Waals surface area contributed by atoms with Gasteiger partial charge in [-0.1, -0.05) is 0 Å². The number of methoxy groups -OCH3 is 2. The molecule has 0 spiro atoms. The molecular formula is C38H40O21. The molecule has 0 aliphatic carbocycles. The normalized spacial score (nSPS) is 27.1. The fraction of sp³-hybridized carbons (Fsp3) is 0.368. The van der Waals surface area contributed by atoms with Gasteiger partial charge in [-0.2, -0.15) is 0 Å². The van der Waals surface area contributed by atoms with E-state index in [4.69, 9.17) is 37.6 Å². The van der Waals surface area contributed by atoms with E-state index in [0.29, 0.717) is 5.56 Å². The van der Waals surface area contributed by atoms with Gasteiger partial charge in [0.2, 0.25) is 23.2 Å². The van der Waals surface area contributed by atoms with Crippen molar-refractivity contribution in [3.63, 3.8) is 0 Å². The van der Waals surface area contributed by atoms with Crippen molar-refractivity contribution in [1.29, 1.82) is 0 Å². The number of fused-ring (bicyclic) bond motifs is 1. The maximum absolute atomic E-state index is 14.0. The lowest BCUT2D eigenvalue weighted by atomic mass is 9.97. The van der Waals surface area contributed by atoms with Gasteiger partial charge in [-0.25, -0.2) is 4.79 Å². The number of aromatic hydroxyl groups is 5. The summed E-state index contributed by atoms with van der Waals surface area (Å²) in [6, 6.07) is 7.83. The van der Waals surface area contributed by atoms with Crippen molar-refractivity contribution in [2.24, 2.45) is 0 Å². The van der Waals surface area contributed by atoms with Crippen molar-refractivity contribution in [2.45, 2.75) is 61.4 Å². The van der Waals surface area contributed by atoms with E-state index in [1.807, 2.05) is 0 Å². The number of ether oxygens (including phenoxy) is 7. The van der Waals surface area contributed by atoms with Crippen LogP contribution in [0.4, 0.5) is 0 Å². The standard InChI is InChI=1S/C38H40O21/c1-52-21-7-14(8-22(53-2)27(21)45)3-6-25(44)54-13-24-29(47)31(49)33(51)37(57-24)59-36-32(50)28(46)23(12-39)56-38(36)58-35-30(48)26-19(43)10-16(40)11-20(26)55-34(35)15-4-5-17(41)18(42)9-15/h3-11,23-24,28-29,31-33,36-43,45-47,49-51H,12-13H2,1-2H3. The number of esters is 1. The third-order valence-electron chi connectivity index (χ3n) is 9.48. The lowest BCUT2D eigenvalue weighted by Gasteiger charge is -2.45. The summed E-state index contributed by atoms with van der Waals surface area (Å²) in [6.45, 7) is -1.66. The van der Waals surface area contributed by atoms with Crippen LogP contribution in [0.5, 0.6) is 46.0 Å². The van der Waals surface area contributed by atoms with Crippen LogP contribution in [-0.2, 0) is 23.7 Å². The minimum absolute atomic E-state index is 0.0504. The molecule has 1 aromatic heterocycles. The molecule has 2 aliphatic heterocycles. The molecule has 0 amide bonds. The highest BCUT2D eigenvalue weighted by Gasteiger charge is 2.52. The highest BCUT2D eigenvalue weighted by atomic mass is 16.8. The van der Waals surface area contributed by atoms with Crippen LogP contribution < -0.4 is 19.6 Å². The molecule has 6 rings (SSSR count). The number of carbonyl (C=O) groups is 1. The maximum atomic E-state index is 14.0. The summed E-state index contributed by atoms with van der Waals surface area (Å²) in [7, 11) is 2.62. The molecule has 0 saturated carbocycles. The van der Waals surface area contributed by atoms with Crippen molar-refractivity contribution < 1.29 is 98.5 Å². The van der Waals surface area contributed by atoms with Crippen LogP contribution in [-0.4, -0.2) is 151 Å². The average molecular weight is 833 g/mol. The quantitative estimate of drug-likeness (QED) is 0.0476. The smallest absolute Gasteiger partial charge is 0.330 e. The van der Waals surface area contributed by atoms with E-state index < -0.39 is 126 Å². The molecule has 21 nitrogen and oxygen atoms in total. The van der Waals surface area contributed by atoms with Gasteiger partial charge in [0.15, 0.2) is 41.2 Å². The Bertz CT molecular complexity index is 2230. The van der Waals surface area contributed by atoms with Crippen LogP contribution in [0.3, 0.4) is 0 Å². The number of carbonyl (C=O) groups excluding carboxylic acids is 1. The zero-order valence-corrected chi connectivity index (χ0v) is 30.9. The second-order valence-electron chi connectivity index (χ2n) is 13.3. The van der Waals surface area contributed by atoms with E-state index in [1.54, 1.807) is 0 Å². The largest absolute Gasteiger partial charge is 0.508 e. The third-order valence-corrected chi connectivity index (χ3v) is 9.48. The molecule has 4 aromatic rings. The predicted octanol–water partition coefficient (Wildman–Crippen LogP) is -0.728. The van der Waals surface area contributed by atoms with Gasteiger partial charge < -0.3 is 93.7 Å². The highest BCUT2D eigenvalue weighted by Crippen LogP contribution is 2.41. The predicted molar refractivity (Wildman–Crippen MR) is 196 cm³/mol. The summed E-state index contributed by atoms with van der Waals surface area (Å²) in [6.07, 6.45) is -16.9. The number of benzene rings is 3. The van der Waals surface area contributed by atoms with Crippen LogP contribution >= 0.6 is 0 Å². The number of aliphatic hydroxyl groups excluding tert-OH is 6. The number of hydrogen-bond donors (Lipinski definition) is 11. The molecule has 3 aromatic carbocycles. The van der Waals surface area contributed by atoms with Crippen molar-refractivity contribution in [3.05, 3.63) is 64.3 Å². The Morgan fingerprint density at radius 1 is 0.763 bits per heavy atom. The first-order chi connectivity index (χ1) is 28.1. The molecular weight excluding hydrogens is 792 g/mol. The number of phenolic OH excluding ortho intramolecular Hbond substituents is 5. The second kappa shape index (κ2) is 17.5. The van der Waals surface area contributed by atoms with E-state index >= 15 is 0 Å². The fourth-order valence-corrected chi connectivity index (χ4v) is 6.35. The minimum atomic E-state index is -2.08. The van der Waals surface area contributed by atoms with Crippen LogP contribution in [0.15, 0.2) is 57.8 Å². The Morgan fingerprint density at radius 3 is 2.07 bits per heavy atom. The van der Waals surface area contributed by atoms with Gasteiger partial charge in [0, 0.05) is 23.8 Å². The van der Waals surface area contributed by atoms with Crippen molar-refractivity contribution in [2.75, 3.05) is 27.4 Å². The summed E-state index contributed by atoms with van der Waals surface area (Å²) in [5.41, 5.74) is -1.22. The fourth-order valence-electron chi connectivity index (χ4n) is 6.35. The summed E-state index contributed by atoms with van der Waals surface area (Å²) >= 11 is 0. The van der Waals surface area contributed by atoms with Gasteiger partial charge in [-0.3, -0.25) is 4.79 Å². The first-order valence-corrected chi connectivity index (χ1v) is 17.6. The van der Waals surface area contributed by atoms with E-state index in [0.717, 1.165) is 30.3 Å². The van der Waals surface area contributed by atoms with Gasteiger partial charge in [0.05, 0.1) is 20.8 Å². The molecule has 0 radical (unpaired) electrons. The Balaban J connectivity index is 1.28. The van der Waals surface area contributed by atoms with Crippen molar-refractivity contribution in [3.8, 4) is 57.3 Å². The van der Waals surface area contributed by atoms with Gasteiger partial charge in [0.1, 0.15) is 71.8 Å². The summed E-state index contributed by atoms with van der Waals surface area (Å²) in [5, 5.41) is 115. The number of rotatable bonds is 12. The first-order valence-electron chi connectivity index (χ1n) is 17.6. The molecule has 0 bridgehead atoms. The molecule has 10 atom stereocenters. The zero-order valence-electron chi connectivity index (χ0n) is 30.9. The monoisotopic (exact) mass is 832 g/mol. The molecule has 11 N–H and O–H groups in total. The molecule has 318 valence electrons. The van der Waals surface area contributed by atoms with E-state index in [2.05, 4.69) is 0 Å². The zero-order chi connectivity index (χ0) is 42.9. The van der Waals surface area contributed by atoms with E-state index in [1.165, 1.54) is 38.5 Å². The summed E-state index contributed by atoms with van der Waals surface area (Å²) in [4.78, 5) is 26.6. The Kier molecular flexibility index (Phi) is 12.7. The first kappa shape index (κ1) is 42.7. The SMILES string of the molecule is COc1cc(C=CC(=O)OCC2OC(OC3C(Oc4c(-c5ccc(O)c(O)c5)oc5cc(O)cc(O)c5c4=O)OC(CO)C(O)C3O)C(O)C(O)C2O)cc(OC)c1O. The molecule has 21 heteroatoms. The second-order valence-corrected chi connectivity index (χ2v) is 13.3. The van der Waals surface area contributed by atoms with Crippen LogP contribution in [0.1, 0.15) is 5.56 Å². The molecule has 2 fully saturated rings. The molecule has 59 heavy (non-hydrogen) atoms. The maximum Gasteiger partial charge on any atom is 0.330 e. The Labute approximate surface area is 331 Å². The molecule has 3 heterocycles. The lowest BCUT2D eigenvalue weighted by Crippen LogP contribution is -2.65. The average Bonchev–Trinajstić information content (AvgIpc) is 3.21. The number of hydrogen-bond acceptors (Lipinski definition) is 21. The molecule has 10 unspecified atom stereocenters. The van der Waals surface area contributed by atoms with Crippen molar-refractivity contribution in [1.82, 2.24) is 0 Å². The van der Waals surface area contributed by atoms with Gasteiger partial charge >= 0.3 is 5.97 Å². The van der Waals surface area contributed by atoms with Crippen LogP contribution in [0.2, 0.25) is 0 Å². The minimum Gasteiger partial charge on any atom is -0.508 e. The number of aliphatic hydroxyl groups is 6. The summed E-state index contributed by atoms with van der Waals surface area (Å²) in [5.74, 6) is -4.89. The van der Waals surface area contributed by atoms with Crippen LogP contribution in [0.25, 0.3) is 28.4 Å². The van der Waals surface area contributed by atoms with Gasteiger partial charge in [-0.15, -0.1) is 0 Å². The van der Waals surface area contributed by atoms with E-state index in [-0.39, 0.29) is 28.4 Å². The molecule has 2 aliphatic rings. The molecule has 2 saturated heterocycles. The van der Waals surface area contributed by atoms with Crippen molar-refractivity contribution >= 4 is 23.0 Å². The van der Waals surface area contributed by atoms with E-state index in [9.17, 15) is 65.8 Å². The van der Waals surface area contributed by atoms with Gasteiger partial charge in [0.25, 0.3) is 0 Å². The summed E-state index contributed by atoms with van der Waals surface area (Å²) < 4.78 is 44.2. The third kappa shape index (κ3) is 8.64. The Morgan fingerprint density at radius 2 is 1.42 bits per heavy atom. The highest BCUT2D eigenvalue weighted by molar-refractivity contribution is 5.89. The number of phenols is 5. The lowest BCUT2D eigenvalue weighted by molar-refractivity contribution is -0.358. The van der Waals surface area contributed by atoms with Crippen LogP contribution in [0, 0.1) is 0 Å². The van der Waals surface area contributed by atoms with Gasteiger partial charge in [-0.05, 0) is 42.0 Å². The topological polar surface area (TPSA) is 334 Å².